The molecule has 0 bridgehead atoms. The number of benzene rings is 4. The maximum absolute atomic E-state index is 11.5. The number of nitro groups is 1. The molecule has 6 heteroatoms. The van der Waals surface area contributed by atoms with Crippen molar-refractivity contribution in [1.82, 2.24) is 0 Å². The van der Waals surface area contributed by atoms with Crippen molar-refractivity contribution in [3.8, 4) is 11.1 Å². The summed E-state index contributed by atoms with van der Waals surface area (Å²) in [5.74, 6) is -1.23. The molecule has 0 aliphatic heterocycles. The molecule has 6 nitrogen and oxygen atoms in total. The average molecular weight is 438 g/mol. The zero-order valence-corrected chi connectivity index (χ0v) is 17.8. The van der Waals surface area contributed by atoms with Gasteiger partial charge in [-0.15, -0.1) is 0 Å². The third kappa shape index (κ3) is 5.07. The Morgan fingerprint density at radius 2 is 1.52 bits per heavy atom. The lowest BCUT2D eigenvalue weighted by molar-refractivity contribution is -0.383. The van der Waals surface area contributed by atoms with Crippen molar-refractivity contribution in [3.05, 3.63) is 124 Å². The Balaban J connectivity index is 1.50. The average Bonchev–Trinajstić information content (AvgIpc) is 2.84. The number of nitrogens with one attached hydrogen (secondary N) is 1. The van der Waals surface area contributed by atoms with Crippen LogP contribution in [0.1, 0.15) is 21.5 Å². The number of nitrogens with zero attached hydrogens (tertiary/aromatic N) is 1. The molecule has 0 unspecified atom stereocenters. The zero-order chi connectivity index (χ0) is 23.2. The number of hydrogen-bond donors (Lipinski definition) is 2. The SMILES string of the molecule is O=C(O)c1cccc([N+](=O)[O-])c1Nc1ccc(CCc2ccccc2-c2ccccc2)cc1. The summed E-state index contributed by atoms with van der Waals surface area (Å²) >= 11 is 0. The van der Waals surface area contributed by atoms with Gasteiger partial charge >= 0.3 is 5.97 Å². The fourth-order valence-corrected chi connectivity index (χ4v) is 3.82. The predicted molar refractivity (Wildman–Crippen MR) is 129 cm³/mol. The van der Waals surface area contributed by atoms with Crippen LogP contribution in [0, 0.1) is 10.1 Å². The summed E-state index contributed by atoms with van der Waals surface area (Å²) in [5.41, 5.74) is 4.91. The molecule has 4 aromatic rings. The number of rotatable bonds is 8. The third-order valence-corrected chi connectivity index (χ3v) is 5.48. The summed E-state index contributed by atoms with van der Waals surface area (Å²) in [4.78, 5) is 22.3. The summed E-state index contributed by atoms with van der Waals surface area (Å²) < 4.78 is 0. The Bertz CT molecular complexity index is 1250. The molecule has 0 aliphatic carbocycles. The molecule has 0 heterocycles. The fraction of sp³-hybridized carbons (Fsp3) is 0.0741. The van der Waals surface area contributed by atoms with E-state index in [1.165, 1.54) is 34.9 Å². The molecular weight excluding hydrogens is 416 g/mol. The Morgan fingerprint density at radius 3 is 2.21 bits per heavy atom. The molecule has 0 aliphatic rings. The molecule has 4 aromatic carbocycles. The van der Waals surface area contributed by atoms with Gasteiger partial charge in [0.25, 0.3) is 5.69 Å². The molecule has 0 amide bonds. The van der Waals surface area contributed by atoms with E-state index in [0.29, 0.717) is 5.69 Å². The lowest BCUT2D eigenvalue weighted by atomic mass is 9.95. The number of nitro benzene ring substituents is 1. The molecule has 0 aromatic heterocycles. The van der Waals surface area contributed by atoms with Gasteiger partial charge in [-0.05, 0) is 53.3 Å². The first kappa shape index (κ1) is 21.8. The maximum atomic E-state index is 11.5. The Hall–Kier alpha value is -4.45. The number of carboxylic acids is 1. The van der Waals surface area contributed by atoms with Crippen LogP contribution in [-0.2, 0) is 12.8 Å². The van der Waals surface area contributed by atoms with E-state index in [1.807, 2.05) is 42.5 Å². The lowest BCUT2D eigenvalue weighted by Crippen LogP contribution is -2.06. The first-order valence-electron chi connectivity index (χ1n) is 10.5. The van der Waals surface area contributed by atoms with Gasteiger partial charge in [0.1, 0.15) is 5.69 Å². The van der Waals surface area contributed by atoms with Crippen LogP contribution >= 0.6 is 0 Å². The van der Waals surface area contributed by atoms with Gasteiger partial charge in [0.05, 0.1) is 10.5 Å². The Labute approximate surface area is 191 Å². The van der Waals surface area contributed by atoms with E-state index >= 15 is 0 Å². The highest BCUT2D eigenvalue weighted by Crippen LogP contribution is 2.31. The van der Waals surface area contributed by atoms with Crippen LogP contribution in [-0.4, -0.2) is 16.0 Å². The van der Waals surface area contributed by atoms with E-state index in [4.69, 9.17) is 0 Å². The van der Waals surface area contributed by atoms with Crippen molar-refractivity contribution in [2.24, 2.45) is 0 Å². The van der Waals surface area contributed by atoms with Crippen LogP contribution in [0.15, 0.2) is 97.1 Å². The molecule has 164 valence electrons. The zero-order valence-electron chi connectivity index (χ0n) is 17.8. The number of para-hydroxylation sites is 1. The highest BCUT2D eigenvalue weighted by atomic mass is 16.6. The highest BCUT2D eigenvalue weighted by molar-refractivity contribution is 5.98. The van der Waals surface area contributed by atoms with Gasteiger partial charge in [-0.2, -0.15) is 0 Å². The maximum Gasteiger partial charge on any atom is 0.338 e. The first-order valence-corrected chi connectivity index (χ1v) is 10.5. The van der Waals surface area contributed by atoms with E-state index < -0.39 is 10.9 Å². The van der Waals surface area contributed by atoms with Gasteiger partial charge in [0.15, 0.2) is 0 Å². The van der Waals surface area contributed by atoms with Gasteiger partial charge < -0.3 is 10.4 Å². The van der Waals surface area contributed by atoms with E-state index in [0.717, 1.165) is 18.4 Å². The standard InChI is InChI=1S/C27H22N2O4/c30-27(31)24-11-6-12-25(29(32)33)26(24)28-22-17-14-19(15-18-22)13-16-21-9-4-5-10-23(21)20-7-2-1-3-8-20/h1-12,14-15,17-18,28H,13,16H2,(H,30,31). The molecule has 4 rings (SSSR count). The minimum atomic E-state index is -1.23. The van der Waals surface area contributed by atoms with Crippen molar-refractivity contribution in [3.63, 3.8) is 0 Å². The molecule has 2 N–H and O–H groups in total. The second-order valence-electron chi connectivity index (χ2n) is 7.61. The van der Waals surface area contributed by atoms with Crippen molar-refractivity contribution < 1.29 is 14.8 Å². The van der Waals surface area contributed by atoms with E-state index in [9.17, 15) is 20.0 Å². The van der Waals surface area contributed by atoms with Crippen LogP contribution in [0.5, 0.6) is 0 Å². The summed E-state index contributed by atoms with van der Waals surface area (Å²) in [5, 5.41) is 23.7. The second-order valence-corrected chi connectivity index (χ2v) is 7.61. The minimum Gasteiger partial charge on any atom is -0.478 e. The van der Waals surface area contributed by atoms with E-state index in [1.54, 1.807) is 12.1 Å². The normalized spacial score (nSPS) is 10.5. The number of carboxylic acid groups (broad SMARTS) is 1. The molecule has 0 spiro atoms. The summed E-state index contributed by atoms with van der Waals surface area (Å²) in [6.45, 7) is 0. The quantitative estimate of drug-likeness (QED) is 0.242. The van der Waals surface area contributed by atoms with Gasteiger partial charge in [0.2, 0.25) is 0 Å². The monoisotopic (exact) mass is 438 g/mol. The Morgan fingerprint density at radius 1 is 0.818 bits per heavy atom. The molecular formula is C27H22N2O4. The van der Waals surface area contributed by atoms with Crippen molar-refractivity contribution in [2.75, 3.05) is 5.32 Å². The second kappa shape index (κ2) is 9.78. The topological polar surface area (TPSA) is 92.5 Å². The smallest absolute Gasteiger partial charge is 0.338 e. The van der Waals surface area contributed by atoms with Gasteiger partial charge in [0, 0.05) is 11.8 Å². The molecule has 0 saturated carbocycles. The predicted octanol–water partition coefficient (Wildman–Crippen LogP) is 6.49. The number of aromatic carboxylic acids is 1. The van der Waals surface area contributed by atoms with Crippen LogP contribution in [0.2, 0.25) is 0 Å². The largest absolute Gasteiger partial charge is 0.478 e. The van der Waals surface area contributed by atoms with Gasteiger partial charge in [-0.25, -0.2) is 4.79 Å². The van der Waals surface area contributed by atoms with E-state index in [-0.39, 0.29) is 16.9 Å². The molecule has 0 radical (unpaired) electrons. The van der Waals surface area contributed by atoms with Crippen molar-refractivity contribution >= 4 is 23.0 Å². The highest BCUT2D eigenvalue weighted by Gasteiger charge is 2.21. The molecule has 0 fully saturated rings. The third-order valence-electron chi connectivity index (χ3n) is 5.48. The van der Waals surface area contributed by atoms with Gasteiger partial charge in [-0.3, -0.25) is 10.1 Å². The number of carbonyl (C=O) groups is 1. The van der Waals surface area contributed by atoms with Crippen LogP contribution < -0.4 is 5.32 Å². The van der Waals surface area contributed by atoms with Crippen LogP contribution in [0.25, 0.3) is 11.1 Å². The molecule has 0 atom stereocenters. The van der Waals surface area contributed by atoms with E-state index in [2.05, 4.69) is 29.6 Å². The molecule has 0 saturated heterocycles. The fourth-order valence-electron chi connectivity index (χ4n) is 3.82. The first-order chi connectivity index (χ1) is 16.0. The summed E-state index contributed by atoms with van der Waals surface area (Å²) in [6, 6.07) is 30.1. The lowest BCUT2D eigenvalue weighted by Gasteiger charge is -2.12. The van der Waals surface area contributed by atoms with Gasteiger partial charge in [-0.1, -0.05) is 72.8 Å². The minimum absolute atomic E-state index is 0.0282. The number of anilines is 2. The van der Waals surface area contributed by atoms with Crippen molar-refractivity contribution in [2.45, 2.75) is 12.8 Å². The molecule has 33 heavy (non-hydrogen) atoms. The van der Waals surface area contributed by atoms with Crippen molar-refractivity contribution in [1.29, 1.82) is 0 Å². The van der Waals surface area contributed by atoms with Crippen LogP contribution in [0.3, 0.4) is 0 Å². The summed E-state index contributed by atoms with van der Waals surface area (Å²) in [7, 11) is 0. The Kier molecular flexibility index (Phi) is 6.45. The number of aryl methyl sites for hydroxylation is 2. The van der Waals surface area contributed by atoms with Crippen LogP contribution in [0.4, 0.5) is 17.1 Å². The number of hydrogen-bond acceptors (Lipinski definition) is 4. The summed E-state index contributed by atoms with van der Waals surface area (Å²) in [6.07, 6.45) is 1.70.